The van der Waals surface area contributed by atoms with E-state index < -0.39 is 0 Å². The van der Waals surface area contributed by atoms with Crippen molar-refractivity contribution in [3.63, 3.8) is 0 Å². The minimum Gasteiger partial charge on any atom is -0.487 e. The van der Waals surface area contributed by atoms with Gasteiger partial charge in [0.1, 0.15) is 12.4 Å². The molecular weight excluding hydrogens is 534 g/mol. The van der Waals surface area contributed by atoms with Crippen LogP contribution in [0.1, 0.15) is 16.7 Å². The SMILES string of the molecule is C=CCc1cc(/C=C2\SC(=O)N(c3ccccc3)C2=O)cc(Br)c1OCc1cccc2ccccc12. The minimum atomic E-state index is -0.325. The number of thioether (sulfide) groups is 1. The van der Waals surface area contributed by atoms with Gasteiger partial charge in [0.2, 0.25) is 0 Å². The number of para-hydroxylation sites is 1. The Morgan fingerprint density at radius 2 is 1.67 bits per heavy atom. The van der Waals surface area contributed by atoms with Gasteiger partial charge in [-0.25, -0.2) is 4.90 Å². The van der Waals surface area contributed by atoms with E-state index in [-0.39, 0.29) is 11.1 Å². The Morgan fingerprint density at radius 1 is 0.917 bits per heavy atom. The topological polar surface area (TPSA) is 46.6 Å². The number of fused-ring (bicyclic) bond motifs is 1. The molecule has 0 unspecified atom stereocenters. The Labute approximate surface area is 222 Å². The Bertz CT molecular complexity index is 1510. The normalized spacial score (nSPS) is 14.6. The summed E-state index contributed by atoms with van der Waals surface area (Å²) in [6, 6.07) is 27.3. The summed E-state index contributed by atoms with van der Waals surface area (Å²) < 4.78 is 7.08. The molecule has 0 aliphatic carbocycles. The number of carbonyl (C=O) groups is 2. The Balaban J connectivity index is 1.43. The van der Waals surface area contributed by atoms with Crippen molar-refractivity contribution >= 4 is 61.4 Å². The van der Waals surface area contributed by atoms with Crippen LogP contribution in [0.25, 0.3) is 16.8 Å². The third-order valence-corrected chi connectivity index (χ3v) is 7.32. The second-order valence-corrected chi connectivity index (χ2v) is 10.1. The lowest BCUT2D eigenvalue weighted by Gasteiger charge is -2.15. The molecule has 0 aromatic heterocycles. The molecule has 1 aliphatic heterocycles. The van der Waals surface area contributed by atoms with Gasteiger partial charge in [-0.3, -0.25) is 9.59 Å². The quantitative estimate of drug-likeness (QED) is 0.170. The minimum absolute atomic E-state index is 0.308. The van der Waals surface area contributed by atoms with Gasteiger partial charge in [0, 0.05) is 0 Å². The second-order valence-electron chi connectivity index (χ2n) is 8.26. The van der Waals surface area contributed by atoms with E-state index in [4.69, 9.17) is 4.74 Å². The van der Waals surface area contributed by atoms with Crippen LogP contribution in [0, 0.1) is 0 Å². The van der Waals surface area contributed by atoms with Crippen molar-refractivity contribution in [3.05, 3.63) is 124 Å². The number of hydrogen-bond donors (Lipinski definition) is 0. The summed E-state index contributed by atoms with van der Waals surface area (Å²) in [4.78, 5) is 27.2. The maximum Gasteiger partial charge on any atom is 0.298 e. The molecule has 5 rings (SSSR count). The highest BCUT2D eigenvalue weighted by Crippen LogP contribution is 2.38. The fourth-order valence-electron chi connectivity index (χ4n) is 4.21. The summed E-state index contributed by atoms with van der Waals surface area (Å²) in [5.41, 5.74) is 3.40. The van der Waals surface area contributed by atoms with Crippen LogP contribution < -0.4 is 9.64 Å². The van der Waals surface area contributed by atoms with Gasteiger partial charge in [-0.15, -0.1) is 6.58 Å². The van der Waals surface area contributed by atoms with Gasteiger partial charge in [0.25, 0.3) is 11.1 Å². The molecule has 4 aromatic rings. The van der Waals surface area contributed by atoms with Gasteiger partial charge in [-0.05, 0) is 91.9 Å². The Hall–Kier alpha value is -3.61. The first kappa shape index (κ1) is 24.1. The number of nitrogens with zero attached hydrogens (tertiary/aromatic N) is 1. The van der Waals surface area contributed by atoms with E-state index in [1.807, 2.05) is 42.5 Å². The number of anilines is 1. The summed E-state index contributed by atoms with van der Waals surface area (Å²) in [7, 11) is 0. The molecule has 1 fully saturated rings. The van der Waals surface area contributed by atoms with Gasteiger partial charge in [-0.1, -0.05) is 66.7 Å². The van der Waals surface area contributed by atoms with Crippen LogP contribution in [0.4, 0.5) is 10.5 Å². The molecule has 36 heavy (non-hydrogen) atoms. The monoisotopic (exact) mass is 555 g/mol. The second kappa shape index (κ2) is 10.6. The van der Waals surface area contributed by atoms with Gasteiger partial charge < -0.3 is 4.74 Å². The molecule has 1 saturated heterocycles. The van der Waals surface area contributed by atoms with E-state index >= 15 is 0 Å². The van der Waals surface area contributed by atoms with Crippen LogP contribution >= 0.6 is 27.7 Å². The van der Waals surface area contributed by atoms with E-state index in [1.165, 1.54) is 10.3 Å². The van der Waals surface area contributed by atoms with Crippen LogP contribution in [-0.2, 0) is 17.8 Å². The molecule has 6 heteroatoms. The van der Waals surface area contributed by atoms with Crippen LogP contribution in [-0.4, -0.2) is 11.1 Å². The first-order valence-electron chi connectivity index (χ1n) is 11.4. The summed E-state index contributed by atoms with van der Waals surface area (Å²) in [5.74, 6) is 0.409. The summed E-state index contributed by atoms with van der Waals surface area (Å²) >= 11 is 4.60. The lowest BCUT2D eigenvalue weighted by molar-refractivity contribution is -0.113. The largest absolute Gasteiger partial charge is 0.487 e. The number of halogens is 1. The van der Waals surface area contributed by atoms with E-state index in [2.05, 4.69) is 46.8 Å². The molecule has 4 aromatic carbocycles. The van der Waals surface area contributed by atoms with E-state index in [9.17, 15) is 9.59 Å². The maximum atomic E-state index is 13.0. The van der Waals surface area contributed by atoms with Crippen molar-refractivity contribution in [3.8, 4) is 5.75 Å². The smallest absolute Gasteiger partial charge is 0.298 e. The predicted octanol–water partition coefficient (Wildman–Crippen LogP) is 8.15. The van der Waals surface area contributed by atoms with Gasteiger partial charge in [-0.2, -0.15) is 0 Å². The first-order valence-corrected chi connectivity index (χ1v) is 13.0. The zero-order chi connectivity index (χ0) is 25.1. The van der Waals surface area contributed by atoms with Gasteiger partial charge in [0.15, 0.2) is 0 Å². The number of hydrogen-bond acceptors (Lipinski definition) is 4. The van der Waals surface area contributed by atoms with Crippen LogP contribution in [0.5, 0.6) is 5.75 Å². The van der Waals surface area contributed by atoms with Crippen molar-refractivity contribution in [2.45, 2.75) is 13.0 Å². The van der Waals surface area contributed by atoms with E-state index in [1.54, 1.807) is 30.3 Å². The standard InChI is InChI=1S/C30H22BrNO3S/c1-2-9-22-16-20(18-27-29(33)32(30(34)36-27)24-13-4-3-5-14-24)17-26(31)28(22)35-19-23-12-8-11-21-10-6-7-15-25(21)23/h2-8,10-18H,1,9,19H2/b27-18-. The van der Waals surface area contributed by atoms with E-state index in [0.717, 1.165) is 44.1 Å². The average molecular weight is 556 g/mol. The highest BCUT2D eigenvalue weighted by molar-refractivity contribution is 9.10. The molecule has 0 spiro atoms. The van der Waals surface area contributed by atoms with Crippen molar-refractivity contribution < 1.29 is 14.3 Å². The third-order valence-electron chi connectivity index (χ3n) is 5.86. The molecule has 0 N–H and O–H groups in total. The molecule has 178 valence electrons. The highest BCUT2D eigenvalue weighted by Gasteiger charge is 2.36. The predicted molar refractivity (Wildman–Crippen MR) is 151 cm³/mol. The van der Waals surface area contributed by atoms with Crippen LogP contribution in [0.2, 0.25) is 0 Å². The fraction of sp³-hybridized carbons (Fsp3) is 0.0667. The van der Waals surface area contributed by atoms with Crippen molar-refractivity contribution in [1.82, 2.24) is 0 Å². The molecule has 4 nitrogen and oxygen atoms in total. The molecule has 0 bridgehead atoms. The maximum absolute atomic E-state index is 13.0. The van der Waals surface area contributed by atoms with Crippen molar-refractivity contribution in [2.24, 2.45) is 0 Å². The molecule has 1 aliphatic rings. The Morgan fingerprint density at radius 3 is 2.47 bits per heavy atom. The number of carbonyl (C=O) groups excluding carboxylic acids is 2. The zero-order valence-corrected chi connectivity index (χ0v) is 21.7. The van der Waals surface area contributed by atoms with Crippen molar-refractivity contribution in [1.29, 1.82) is 0 Å². The number of amides is 2. The number of allylic oxidation sites excluding steroid dienone is 1. The average Bonchev–Trinajstić information content (AvgIpc) is 3.16. The van der Waals surface area contributed by atoms with Crippen molar-refractivity contribution in [2.75, 3.05) is 4.90 Å². The van der Waals surface area contributed by atoms with Gasteiger partial charge >= 0.3 is 0 Å². The van der Waals surface area contributed by atoms with Crippen LogP contribution in [0.3, 0.4) is 0 Å². The van der Waals surface area contributed by atoms with Crippen LogP contribution in [0.15, 0.2) is 107 Å². The molecule has 1 heterocycles. The molecule has 0 radical (unpaired) electrons. The Kier molecular flexibility index (Phi) is 7.07. The summed E-state index contributed by atoms with van der Waals surface area (Å²) in [6.07, 6.45) is 4.16. The molecular formula is C30H22BrNO3S. The lowest BCUT2D eigenvalue weighted by Crippen LogP contribution is -2.27. The number of rotatable bonds is 7. The molecule has 0 atom stereocenters. The number of imide groups is 1. The molecule has 2 amide bonds. The fourth-order valence-corrected chi connectivity index (χ4v) is 5.69. The summed E-state index contributed by atoms with van der Waals surface area (Å²) in [5, 5.41) is 2.02. The lowest BCUT2D eigenvalue weighted by atomic mass is 10.0. The van der Waals surface area contributed by atoms with Gasteiger partial charge in [0.05, 0.1) is 15.1 Å². The van der Waals surface area contributed by atoms with E-state index in [0.29, 0.717) is 23.6 Å². The summed E-state index contributed by atoms with van der Waals surface area (Å²) in [6.45, 7) is 4.30. The molecule has 0 saturated carbocycles. The zero-order valence-electron chi connectivity index (χ0n) is 19.3. The number of ether oxygens (including phenoxy) is 1. The first-order chi connectivity index (χ1) is 17.5. The highest BCUT2D eigenvalue weighted by atomic mass is 79.9. The third kappa shape index (κ3) is 4.87. The number of benzene rings is 4.